The SMILES string of the molecule is CSOCCc1ccc(Nc2ncc3c(n2)-c2ccccc2C(c2ccc(F)cc2)C3)cc1. The highest BCUT2D eigenvalue weighted by molar-refractivity contribution is 7.93. The summed E-state index contributed by atoms with van der Waals surface area (Å²) in [5, 5.41) is 3.33. The number of anilines is 2. The van der Waals surface area contributed by atoms with Gasteiger partial charge in [-0.3, -0.25) is 0 Å². The van der Waals surface area contributed by atoms with E-state index >= 15 is 0 Å². The molecule has 0 spiro atoms. The molecule has 0 saturated heterocycles. The molecule has 4 aromatic rings. The third-order valence-corrected chi connectivity index (χ3v) is 6.36. The monoisotopic (exact) mass is 457 g/mol. The summed E-state index contributed by atoms with van der Waals surface area (Å²) in [4.78, 5) is 9.45. The molecule has 3 aromatic carbocycles. The van der Waals surface area contributed by atoms with Crippen molar-refractivity contribution in [2.45, 2.75) is 18.8 Å². The van der Waals surface area contributed by atoms with Crippen molar-refractivity contribution in [2.75, 3.05) is 18.2 Å². The van der Waals surface area contributed by atoms with E-state index in [1.165, 1.54) is 35.3 Å². The Hall–Kier alpha value is -3.22. The molecule has 4 nitrogen and oxygen atoms in total. The molecule has 0 amide bonds. The maximum absolute atomic E-state index is 13.5. The van der Waals surface area contributed by atoms with Crippen LogP contribution in [0.2, 0.25) is 0 Å². The Balaban J connectivity index is 1.40. The molecule has 1 N–H and O–H groups in total. The summed E-state index contributed by atoms with van der Waals surface area (Å²) < 4.78 is 18.8. The normalized spacial score (nSPS) is 14.4. The highest BCUT2D eigenvalue weighted by Crippen LogP contribution is 2.41. The van der Waals surface area contributed by atoms with E-state index in [0.717, 1.165) is 40.9 Å². The van der Waals surface area contributed by atoms with Gasteiger partial charge in [0.15, 0.2) is 0 Å². The van der Waals surface area contributed by atoms with Crippen LogP contribution >= 0.6 is 12.0 Å². The largest absolute Gasteiger partial charge is 0.324 e. The Morgan fingerprint density at radius 1 is 1.03 bits per heavy atom. The van der Waals surface area contributed by atoms with Crippen LogP contribution in [0.15, 0.2) is 79.0 Å². The average molecular weight is 458 g/mol. The molecule has 0 bridgehead atoms. The zero-order chi connectivity index (χ0) is 22.6. The van der Waals surface area contributed by atoms with E-state index in [9.17, 15) is 4.39 Å². The van der Waals surface area contributed by atoms with Crippen LogP contribution in [0.5, 0.6) is 0 Å². The van der Waals surface area contributed by atoms with Crippen LogP contribution in [0.3, 0.4) is 0 Å². The van der Waals surface area contributed by atoms with Gasteiger partial charge in [0.25, 0.3) is 0 Å². The molecule has 1 aromatic heterocycles. The molecule has 0 aliphatic heterocycles. The molecule has 1 aliphatic carbocycles. The molecular formula is C27H24FN3OS. The summed E-state index contributed by atoms with van der Waals surface area (Å²) in [7, 11) is 0. The van der Waals surface area contributed by atoms with Crippen LogP contribution in [0.4, 0.5) is 16.0 Å². The minimum absolute atomic E-state index is 0.152. The van der Waals surface area contributed by atoms with E-state index in [0.29, 0.717) is 12.6 Å². The average Bonchev–Trinajstić information content (AvgIpc) is 2.85. The van der Waals surface area contributed by atoms with Crippen molar-refractivity contribution in [3.63, 3.8) is 0 Å². The number of aromatic nitrogens is 2. The maximum atomic E-state index is 13.5. The predicted octanol–water partition coefficient (Wildman–Crippen LogP) is 6.55. The minimum Gasteiger partial charge on any atom is -0.324 e. The van der Waals surface area contributed by atoms with Crippen LogP contribution in [0.1, 0.15) is 28.2 Å². The number of fused-ring (bicyclic) bond motifs is 3. The molecule has 1 heterocycles. The van der Waals surface area contributed by atoms with Crippen molar-refractivity contribution in [2.24, 2.45) is 0 Å². The van der Waals surface area contributed by atoms with Crippen molar-refractivity contribution in [3.8, 4) is 11.3 Å². The van der Waals surface area contributed by atoms with Crippen LogP contribution in [0.25, 0.3) is 11.3 Å². The van der Waals surface area contributed by atoms with Crippen LogP contribution in [0, 0.1) is 5.82 Å². The Morgan fingerprint density at radius 3 is 2.61 bits per heavy atom. The lowest BCUT2D eigenvalue weighted by Crippen LogP contribution is -2.15. The molecule has 1 unspecified atom stereocenters. The van der Waals surface area contributed by atoms with E-state index in [1.807, 2.05) is 48.9 Å². The van der Waals surface area contributed by atoms with Gasteiger partial charge >= 0.3 is 0 Å². The Labute approximate surface area is 197 Å². The lowest BCUT2D eigenvalue weighted by atomic mass is 9.78. The number of hydrogen-bond donors (Lipinski definition) is 1. The van der Waals surface area contributed by atoms with E-state index in [4.69, 9.17) is 9.17 Å². The van der Waals surface area contributed by atoms with Gasteiger partial charge in [0.1, 0.15) is 5.82 Å². The van der Waals surface area contributed by atoms with Crippen LogP contribution in [-0.2, 0) is 17.0 Å². The lowest BCUT2D eigenvalue weighted by molar-refractivity contribution is 0.381. The third kappa shape index (κ3) is 4.77. The van der Waals surface area contributed by atoms with Gasteiger partial charge in [-0.05, 0) is 71.4 Å². The molecule has 33 heavy (non-hydrogen) atoms. The fourth-order valence-corrected chi connectivity index (χ4v) is 4.57. The van der Waals surface area contributed by atoms with Gasteiger partial charge in [0, 0.05) is 29.6 Å². The van der Waals surface area contributed by atoms with Crippen molar-refractivity contribution in [1.82, 2.24) is 9.97 Å². The van der Waals surface area contributed by atoms with Crippen molar-refractivity contribution in [1.29, 1.82) is 0 Å². The van der Waals surface area contributed by atoms with Gasteiger partial charge in [0.05, 0.1) is 12.3 Å². The smallest absolute Gasteiger partial charge is 0.227 e. The topological polar surface area (TPSA) is 47.0 Å². The van der Waals surface area contributed by atoms with E-state index in [-0.39, 0.29) is 11.7 Å². The second kappa shape index (κ2) is 9.73. The summed E-state index contributed by atoms with van der Waals surface area (Å²) in [6, 6.07) is 23.4. The number of benzene rings is 3. The molecule has 6 heteroatoms. The van der Waals surface area contributed by atoms with Gasteiger partial charge in [-0.1, -0.05) is 48.5 Å². The van der Waals surface area contributed by atoms with Gasteiger partial charge in [0.2, 0.25) is 5.95 Å². The molecule has 5 rings (SSSR count). The lowest BCUT2D eigenvalue weighted by Gasteiger charge is -2.27. The van der Waals surface area contributed by atoms with Gasteiger partial charge < -0.3 is 9.50 Å². The first-order chi connectivity index (χ1) is 16.2. The summed E-state index contributed by atoms with van der Waals surface area (Å²) >= 11 is 1.39. The highest BCUT2D eigenvalue weighted by atomic mass is 32.2. The Morgan fingerprint density at radius 2 is 1.82 bits per heavy atom. The molecule has 1 atom stereocenters. The third-order valence-electron chi connectivity index (χ3n) is 5.95. The first kappa shape index (κ1) is 21.6. The molecule has 0 radical (unpaired) electrons. The van der Waals surface area contributed by atoms with Crippen molar-refractivity contribution >= 4 is 23.7 Å². The first-order valence-corrected chi connectivity index (χ1v) is 12.1. The predicted molar refractivity (Wildman–Crippen MR) is 132 cm³/mol. The Kier molecular flexibility index (Phi) is 6.37. The molecule has 0 saturated carbocycles. The van der Waals surface area contributed by atoms with E-state index < -0.39 is 0 Å². The molecular weight excluding hydrogens is 433 g/mol. The second-order valence-electron chi connectivity index (χ2n) is 8.02. The van der Waals surface area contributed by atoms with Crippen molar-refractivity contribution in [3.05, 3.63) is 107 Å². The quantitative estimate of drug-likeness (QED) is 0.252. The van der Waals surface area contributed by atoms with Gasteiger partial charge in [-0.15, -0.1) is 0 Å². The second-order valence-corrected chi connectivity index (χ2v) is 8.59. The number of halogens is 1. The number of nitrogens with one attached hydrogen (secondary N) is 1. The molecule has 166 valence electrons. The number of nitrogens with zero attached hydrogens (tertiary/aromatic N) is 2. The van der Waals surface area contributed by atoms with Gasteiger partial charge in [-0.2, -0.15) is 0 Å². The first-order valence-electron chi connectivity index (χ1n) is 10.9. The zero-order valence-corrected chi connectivity index (χ0v) is 19.1. The zero-order valence-electron chi connectivity index (χ0n) is 18.3. The summed E-state index contributed by atoms with van der Waals surface area (Å²) in [6.07, 6.45) is 5.49. The van der Waals surface area contributed by atoms with Gasteiger partial charge in [-0.25, -0.2) is 14.4 Å². The summed E-state index contributed by atoms with van der Waals surface area (Å²) in [6.45, 7) is 0.695. The fourth-order valence-electron chi connectivity index (χ4n) is 4.32. The number of rotatable bonds is 7. The van der Waals surface area contributed by atoms with Crippen LogP contribution in [-0.4, -0.2) is 22.8 Å². The minimum atomic E-state index is -0.219. The maximum Gasteiger partial charge on any atom is 0.227 e. The fraction of sp³-hybridized carbons (Fsp3) is 0.185. The van der Waals surface area contributed by atoms with E-state index in [2.05, 4.69) is 34.6 Å². The molecule has 0 fully saturated rings. The summed E-state index contributed by atoms with van der Waals surface area (Å²) in [5.41, 5.74) is 7.62. The number of hydrogen-bond acceptors (Lipinski definition) is 5. The van der Waals surface area contributed by atoms with Crippen molar-refractivity contribution < 1.29 is 8.57 Å². The van der Waals surface area contributed by atoms with Crippen LogP contribution < -0.4 is 5.32 Å². The highest BCUT2D eigenvalue weighted by Gasteiger charge is 2.27. The summed E-state index contributed by atoms with van der Waals surface area (Å²) in [5.74, 6) is 0.505. The Bertz CT molecular complexity index is 1250. The standard InChI is InChI=1S/C27H24FN3OS/c1-33-32-15-14-18-6-12-22(13-7-18)30-27-29-17-20-16-25(19-8-10-21(28)11-9-19)23-4-2-3-5-24(23)26(20)31-27/h2-13,17,25H,14-16H2,1H3,(H,29,30,31). The molecule has 1 aliphatic rings. The van der Waals surface area contributed by atoms with E-state index in [1.54, 1.807) is 0 Å².